The second-order valence-electron chi connectivity index (χ2n) is 16.8. The molecule has 8 atom stereocenters. The first-order chi connectivity index (χ1) is 28.4. The number of fused-ring (bicyclic) bond motifs is 3. The van der Waals surface area contributed by atoms with Crippen LogP contribution in [0.1, 0.15) is 65.2 Å². The Morgan fingerprint density at radius 3 is 2.48 bits per heavy atom. The van der Waals surface area contributed by atoms with Crippen molar-refractivity contribution in [2.24, 2.45) is 17.8 Å². The van der Waals surface area contributed by atoms with Crippen molar-refractivity contribution in [1.29, 1.82) is 0 Å². The number of carbonyl (C=O) groups is 4. The number of benzene rings is 1. The number of sulfonamides is 1. The first-order valence-electron chi connectivity index (χ1n) is 20.0. The van der Waals surface area contributed by atoms with E-state index in [0.717, 1.165) is 4.90 Å². The van der Waals surface area contributed by atoms with E-state index in [1.165, 1.54) is 13.3 Å². The molecule has 2 unspecified atom stereocenters. The molecule has 328 valence electrons. The van der Waals surface area contributed by atoms with Gasteiger partial charge in [-0.2, -0.15) is 13.2 Å². The number of nitrogens with zero attached hydrogens (tertiary/aromatic N) is 2. The average Bonchev–Trinajstić information content (AvgIpc) is 4.03. The van der Waals surface area contributed by atoms with E-state index in [1.54, 1.807) is 37.3 Å². The summed E-state index contributed by atoms with van der Waals surface area (Å²) >= 11 is 0. The molecule has 1 aromatic carbocycles. The summed E-state index contributed by atoms with van der Waals surface area (Å²) in [6, 6.07) is 4.21. The summed E-state index contributed by atoms with van der Waals surface area (Å²) in [7, 11) is -2.99. The van der Waals surface area contributed by atoms with Gasteiger partial charge in [-0.05, 0) is 56.4 Å². The Morgan fingerprint density at radius 2 is 1.83 bits per heavy atom. The Balaban J connectivity index is 1.23. The molecule has 5 aliphatic rings. The number of aromatic nitrogens is 1. The summed E-state index contributed by atoms with van der Waals surface area (Å²) in [5, 5.41) is 6.34. The third-order valence-electron chi connectivity index (χ3n) is 12.6. The van der Waals surface area contributed by atoms with Gasteiger partial charge in [0.05, 0.1) is 33.1 Å². The van der Waals surface area contributed by atoms with Crippen LogP contribution in [0.4, 0.5) is 22.4 Å². The van der Waals surface area contributed by atoms with Crippen LogP contribution in [0.15, 0.2) is 42.6 Å². The third-order valence-corrected chi connectivity index (χ3v) is 14.7. The number of rotatable bonds is 9. The topological polar surface area (TPSA) is 192 Å². The number of methoxy groups -OCH3 is 1. The predicted molar refractivity (Wildman–Crippen MR) is 206 cm³/mol. The molecule has 15 nitrogen and oxygen atoms in total. The number of amides is 4. The van der Waals surface area contributed by atoms with Crippen LogP contribution in [0.3, 0.4) is 0 Å². The van der Waals surface area contributed by atoms with Crippen LogP contribution >= 0.6 is 0 Å². The van der Waals surface area contributed by atoms with Crippen LogP contribution in [0.25, 0.3) is 10.8 Å². The Hall–Kier alpha value is -4.72. The van der Waals surface area contributed by atoms with Crippen molar-refractivity contribution in [2.45, 2.75) is 105 Å². The molecule has 2 aliphatic carbocycles. The number of carbonyl (C=O) groups excluding carboxylic acids is 4. The van der Waals surface area contributed by atoms with Gasteiger partial charge in [-0.1, -0.05) is 44.2 Å². The highest BCUT2D eigenvalue weighted by atomic mass is 32.2. The lowest BCUT2D eigenvalue weighted by Gasteiger charge is -2.34. The standard InChI is InChI=1S/C40H49F4N5O10S/c1-23-8-4-5-9-25-18-39(25,35(52)48-60(54,55)37(21-41)12-13-37)47-32(50)29-17-26(58-33-28-11-7-6-10-27(28)30(56-3)19-45-33)20-49(29)34(51)31(24(2)16-23)46-36(53)59-38(40(42,43)44)14-15-57-22-38/h5-7,9-11,19,23-26,29,31H,4,8,12-18,20-22H2,1-3H3,(H,46,53)(H,47,50)(H,48,52)/b9-5-/t23-,24-,25?,26-,29+,31+,38?,39-/m1/s1. The van der Waals surface area contributed by atoms with E-state index in [4.69, 9.17) is 18.9 Å². The molecule has 3 aliphatic heterocycles. The average molecular weight is 868 g/mol. The van der Waals surface area contributed by atoms with Gasteiger partial charge < -0.3 is 34.5 Å². The molecule has 3 N–H and O–H groups in total. The van der Waals surface area contributed by atoms with E-state index in [2.05, 4.69) is 15.6 Å². The predicted octanol–water partition coefficient (Wildman–Crippen LogP) is 4.24. The van der Waals surface area contributed by atoms with Crippen molar-refractivity contribution >= 4 is 44.6 Å². The Kier molecular flexibility index (Phi) is 11.8. The number of allylic oxidation sites excluding steroid dienone is 1. The van der Waals surface area contributed by atoms with Crippen molar-refractivity contribution in [1.82, 2.24) is 25.2 Å². The van der Waals surface area contributed by atoms with Crippen LogP contribution in [0.5, 0.6) is 11.6 Å². The number of nitrogens with one attached hydrogen (secondary N) is 3. The Bertz CT molecular complexity index is 2150. The summed E-state index contributed by atoms with van der Waals surface area (Å²) < 4.78 is 105. The lowest BCUT2D eigenvalue weighted by atomic mass is 9.88. The Labute approximate surface area is 344 Å². The lowest BCUT2D eigenvalue weighted by molar-refractivity contribution is -0.256. The van der Waals surface area contributed by atoms with E-state index in [-0.39, 0.29) is 50.6 Å². The van der Waals surface area contributed by atoms with E-state index in [9.17, 15) is 45.2 Å². The quantitative estimate of drug-likeness (QED) is 0.241. The van der Waals surface area contributed by atoms with Crippen LogP contribution in [-0.4, -0.2) is 116 Å². The Morgan fingerprint density at radius 1 is 1.10 bits per heavy atom. The van der Waals surface area contributed by atoms with Crippen molar-refractivity contribution < 1.29 is 64.1 Å². The molecule has 2 saturated heterocycles. The molecule has 1 aromatic heterocycles. The van der Waals surface area contributed by atoms with E-state index < -0.39 is 106 Å². The van der Waals surface area contributed by atoms with Gasteiger partial charge in [-0.15, -0.1) is 0 Å². The first-order valence-corrected chi connectivity index (χ1v) is 21.5. The van der Waals surface area contributed by atoms with Crippen LogP contribution in [0.2, 0.25) is 0 Å². The highest BCUT2D eigenvalue weighted by Gasteiger charge is 2.64. The molecule has 2 saturated carbocycles. The number of hydrogen-bond donors (Lipinski definition) is 3. The molecular formula is C40H49F4N5O10S. The largest absolute Gasteiger partial charge is 0.494 e. The molecule has 0 bridgehead atoms. The number of halogens is 4. The van der Waals surface area contributed by atoms with Gasteiger partial charge in [-0.25, -0.2) is 22.6 Å². The minimum Gasteiger partial charge on any atom is -0.494 e. The smallest absolute Gasteiger partial charge is 0.430 e. The highest BCUT2D eigenvalue weighted by Crippen LogP contribution is 2.48. The number of hydrogen-bond acceptors (Lipinski definition) is 11. The van der Waals surface area contributed by atoms with Crippen LogP contribution < -0.4 is 24.8 Å². The molecule has 4 fully saturated rings. The maximum atomic E-state index is 14.8. The van der Waals surface area contributed by atoms with Crippen molar-refractivity contribution in [3.8, 4) is 11.6 Å². The molecule has 7 rings (SSSR count). The minimum atomic E-state index is -4.98. The van der Waals surface area contributed by atoms with Gasteiger partial charge in [0.25, 0.3) is 5.91 Å². The third kappa shape index (κ3) is 8.20. The van der Waals surface area contributed by atoms with Crippen molar-refractivity contribution in [3.63, 3.8) is 0 Å². The van der Waals surface area contributed by atoms with Gasteiger partial charge in [0.15, 0.2) is 0 Å². The summed E-state index contributed by atoms with van der Waals surface area (Å²) in [5.74, 6) is -3.53. The zero-order valence-corrected chi connectivity index (χ0v) is 34.2. The second kappa shape index (κ2) is 16.3. The van der Waals surface area contributed by atoms with E-state index in [1.807, 2.05) is 17.7 Å². The summed E-state index contributed by atoms with van der Waals surface area (Å²) in [6.07, 6.45) is -1.78. The van der Waals surface area contributed by atoms with E-state index >= 15 is 0 Å². The molecule has 4 amide bonds. The fourth-order valence-corrected chi connectivity index (χ4v) is 9.97. The van der Waals surface area contributed by atoms with Crippen LogP contribution in [-0.2, 0) is 33.9 Å². The fourth-order valence-electron chi connectivity index (χ4n) is 8.55. The van der Waals surface area contributed by atoms with Crippen molar-refractivity contribution in [2.75, 3.05) is 33.5 Å². The SMILES string of the molecule is COc1cnc(O[C@@H]2C[C@H]3C(=O)N[C@]4(C(=O)NS(=O)(=O)C5(CF)CC5)CC4/C=C\CC[C@@H](C)C[C@@H](C)[C@H](NC(=O)OC4(C(F)(F)F)CCOC4)C(=O)N3C2)c2ccccc12. The molecule has 20 heteroatoms. The van der Waals surface area contributed by atoms with Gasteiger partial charge in [0.1, 0.15) is 40.9 Å². The van der Waals surface area contributed by atoms with Crippen LogP contribution in [0, 0.1) is 17.8 Å². The first kappa shape index (κ1) is 43.4. The molecular weight excluding hydrogens is 819 g/mol. The van der Waals surface area contributed by atoms with Gasteiger partial charge in [0.2, 0.25) is 33.3 Å². The molecule has 2 aromatic rings. The maximum absolute atomic E-state index is 14.8. The summed E-state index contributed by atoms with van der Waals surface area (Å²) in [6.45, 7) is 0.902. The lowest BCUT2D eigenvalue weighted by Crippen LogP contribution is -2.60. The minimum absolute atomic E-state index is 0.00878. The maximum Gasteiger partial charge on any atom is 0.430 e. The zero-order valence-electron chi connectivity index (χ0n) is 33.4. The fraction of sp³-hybridized carbons (Fsp3) is 0.625. The molecule has 60 heavy (non-hydrogen) atoms. The monoisotopic (exact) mass is 867 g/mol. The normalized spacial score (nSPS) is 32.4. The van der Waals surface area contributed by atoms with Crippen molar-refractivity contribution in [3.05, 3.63) is 42.6 Å². The molecule has 0 radical (unpaired) electrons. The van der Waals surface area contributed by atoms with Gasteiger partial charge >= 0.3 is 12.3 Å². The number of pyridine rings is 1. The molecule has 4 heterocycles. The van der Waals surface area contributed by atoms with Gasteiger partial charge in [0, 0.05) is 29.5 Å². The summed E-state index contributed by atoms with van der Waals surface area (Å²) in [4.78, 5) is 62.3. The number of alkyl carbamates (subject to hydrolysis) is 1. The number of alkyl halides is 4. The second-order valence-corrected chi connectivity index (χ2v) is 18.9. The van der Waals surface area contributed by atoms with E-state index in [0.29, 0.717) is 35.8 Å². The highest BCUT2D eigenvalue weighted by molar-refractivity contribution is 7.91. The summed E-state index contributed by atoms with van der Waals surface area (Å²) in [5.41, 5.74) is -4.71. The van der Waals surface area contributed by atoms with Gasteiger partial charge in [-0.3, -0.25) is 19.1 Å². The molecule has 0 spiro atoms. The zero-order chi connectivity index (χ0) is 43.3. The number of ether oxygens (including phenoxy) is 4.